The number of hydrogen-bond donors (Lipinski definition) is 1. The summed E-state index contributed by atoms with van der Waals surface area (Å²) in [5, 5.41) is 0. The number of aromatic nitrogens is 1. The number of rotatable bonds is 2. The molecule has 0 saturated carbocycles. The molecule has 0 aliphatic carbocycles. The van der Waals surface area contributed by atoms with Gasteiger partial charge in [0.05, 0.1) is 5.56 Å². The Kier molecular flexibility index (Phi) is 3.85. The van der Waals surface area contributed by atoms with Crippen molar-refractivity contribution in [1.82, 2.24) is 4.98 Å². The zero-order chi connectivity index (χ0) is 13.3. The highest BCUT2D eigenvalue weighted by Gasteiger charge is 2.30. The fourth-order valence-electron chi connectivity index (χ4n) is 2.81. The molecule has 18 heavy (non-hydrogen) atoms. The van der Waals surface area contributed by atoms with E-state index in [1.807, 2.05) is 18.3 Å². The molecule has 0 radical (unpaired) electrons. The molecule has 1 aromatic heterocycles. The summed E-state index contributed by atoms with van der Waals surface area (Å²) in [4.78, 5) is 7.28. The predicted octanol–water partition coefficient (Wildman–Crippen LogP) is 2.59. The molecule has 1 aromatic rings. The van der Waals surface area contributed by atoms with Crippen molar-refractivity contribution in [3.05, 3.63) is 23.9 Å². The van der Waals surface area contributed by atoms with Gasteiger partial charge in [-0.05, 0) is 37.3 Å². The number of thiocarbonyl (C=S) groups is 1. The Balaban J connectivity index is 2.38. The highest BCUT2D eigenvalue weighted by atomic mass is 32.1. The van der Waals surface area contributed by atoms with Gasteiger partial charge in [-0.15, -0.1) is 0 Å². The van der Waals surface area contributed by atoms with Crippen molar-refractivity contribution in [1.29, 1.82) is 0 Å². The van der Waals surface area contributed by atoms with E-state index in [4.69, 9.17) is 18.0 Å². The maximum absolute atomic E-state index is 5.80. The Hall–Kier alpha value is -1.16. The Labute approximate surface area is 114 Å². The van der Waals surface area contributed by atoms with Crippen LogP contribution in [0, 0.1) is 11.8 Å². The van der Waals surface area contributed by atoms with Crippen molar-refractivity contribution < 1.29 is 0 Å². The minimum Gasteiger partial charge on any atom is -0.389 e. The van der Waals surface area contributed by atoms with E-state index < -0.39 is 0 Å². The SMILES string of the molecule is CC1CC(C)C(C)N(c2ncccc2C(N)=S)C1. The number of piperidine rings is 1. The van der Waals surface area contributed by atoms with Crippen LogP contribution in [0.15, 0.2) is 18.3 Å². The molecule has 1 saturated heterocycles. The van der Waals surface area contributed by atoms with E-state index in [2.05, 4.69) is 30.7 Å². The largest absolute Gasteiger partial charge is 0.389 e. The average molecular weight is 263 g/mol. The summed E-state index contributed by atoms with van der Waals surface area (Å²) >= 11 is 5.13. The maximum Gasteiger partial charge on any atom is 0.139 e. The molecule has 1 aliphatic rings. The molecule has 0 spiro atoms. The van der Waals surface area contributed by atoms with Crippen LogP contribution in [0.5, 0.6) is 0 Å². The number of pyridine rings is 1. The topological polar surface area (TPSA) is 42.2 Å². The van der Waals surface area contributed by atoms with Crippen molar-refractivity contribution in [2.75, 3.05) is 11.4 Å². The Morgan fingerprint density at radius 2 is 2.17 bits per heavy atom. The van der Waals surface area contributed by atoms with Crippen molar-refractivity contribution >= 4 is 23.0 Å². The van der Waals surface area contributed by atoms with E-state index in [1.165, 1.54) is 6.42 Å². The molecule has 1 fully saturated rings. The van der Waals surface area contributed by atoms with Gasteiger partial charge in [0.1, 0.15) is 10.8 Å². The first-order chi connectivity index (χ1) is 8.50. The van der Waals surface area contributed by atoms with Gasteiger partial charge < -0.3 is 10.6 Å². The van der Waals surface area contributed by atoms with Crippen LogP contribution in [0.4, 0.5) is 5.82 Å². The molecule has 3 unspecified atom stereocenters. The van der Waals surface area contributed by atoms with Gasteiger partial charge in [0.15, 0.2) is 0 Å². The molecule has 4 heteroatoms. The minimum atomic E-state index is 0.427. The van der Waals surface area contributed by atoms with Crippen LogP contribution in [-0.4, -0.2) is 22.6 Å². The van der Waals surface area contributed by atoms with Crippen LogP contribution in [-0.2, 0) is 0 Å². The van der Waals surface area contributed by atoms with Crippen molar-refractivity contribution in [2.24, 2.45) is 17.6 Å². The van der Waals surface area contributed by atoms with E-state index >= 15 is 0 Å². The molecule has 1 aliphatic heterocycles. The molecule has 3 atom stereocenters. The van der Waals surface area contributed by atoms with E-state index in [1.54, 1.807) is 0 Å². The summed E-state index contributed by atoms with van der Waals surface area (Å²) in [5.41, 5.74) is 6.69. The first-order valence-electron chi connectivity index (χ1n) is 6.52. The lowest BCUT2D eigenvalue weighted by molar-refractivity contribution is 0.295. The van der Waals surface area contributed by atoms with E-state index in [0.717, 1.165) is 17.9 Å². The van der Waals surface area contributed by atoms with Gasteiger partial charge in [-0.1, -0.05) is 26.1 Å². The van der Waals surface area contributed by atoms with Crippen LogP contribution in [0.25, 0.3) is 0 Å². The second kappa shape index (κ2) is 5.22. The second-order valence-electron chi connectivity index (χ2n) is 5.45. The first-order valence-corrected chi connectivity index (χ1v) is 6.93. The Morgan fingerprint density at radius 3 is 2.83 bits per heavy atom. The summed E-state index contributed by atoms with van der Waals surface area (Å²) in [6, 6.07) is 4.32. The van der Waals surface area contributed by atoms with Gasteiger partial charge >= 0.3 is 0 Å². The number of anilines is 1. The molecule has 2 heterocycles. The zero-order valence-electron chi connectivity index (χ0n) is 11.3. The monoisotopic (exact) mass is 263 g/mol. The van der Waals surface area contributed by atoms with Crippen LogP contribution in [0.1, 0.15) is 32.8 Å². The van der Waals surface area contributed by atoms with Crippen LogP contribution < -0.4 is 10.6 Å². The molecule has 0 bridgehead atoms. The lowest BCUT2D eigenvalue weighted by Gasteiger charge is -2.42. The number of nitrogens with zero attached hydrogens (tertiary/aromatic N) is 2. The van der Waals surface area contributed by atoms with Gasteiger partial charge in [0, 0.05) is 18.8 Å². The lowest BCUT2D eigenvalue weighted by Crippen LogP contribution is -2.47. The highest BCUT2D eigenvalue weighted by molar-refractivity contribution is 7.80. The smallest absolute Gasteiger partial charge is 0.139 e. The number of hydrogen-bond acceptors (Lipinski definition) is 3. The summed E-state index contributed by atoms with van der Waals surface area (Å²) in [6.07, 6.45) is 3.08. The third kappa shape index (κ3) is 2.48. The van der Waals surface area contributed by atoms with Crippen molar-refractivity contribution in [3.63, 3.8) is 0 Å². The molecule has 2 rings (SSSR count). The number of nitrogens with two attached hydrogens (primary N) is 1. The molecular weight excluding hydrogens is 242 g/mol. The average Bonchev–Trinajstić information content (AvgIpc) is 2.33. The highest BCUT2D eigenvalue weighted by Crippen LogP contribution is 2.31. The second-order valence-corrected chi connectivity index (χ2v) is 5.89. The van der Waals surface area contributed by atoms with Gasteiger partial charge in [-0.25, -0.2) is 4.98 Å². The third-order valence-electron chi connectivity index (χ3n) is 3.92. The summed E-state index contributed by atoms with van der Waals surface area (Å²) < 4.78 is 0. The van der Waals surface area contributed by atoms with Crippen LogP contribution >= 0.6 is 12.2 Å². The predicted molar refractivity (Wildman–Crippen MR) is 79.9 cm³/mol. The van der Waals surface area contributed by atoms with Crippen molar-refractivity contribution in [2.45, 2.75) is 33.2 Å². The van der Waals surface area contributed by atoms with Crippen LogP contribution in [0.2, 0.25) is 0 Å². The summed E-state index contributed by atoms with van der Waals surface area (Å²) in [6.45, 7) is 7.88. The van der Waals surface area contributed by atoms with Crippen molar-refractivity contribution in [3.8, 4) is 0 Å². The summed E-state index contributed by atoms with van der Waals surface area (Å²) in [5.74, 6) is 2.28. The normalized spacial score (nSPS) is 28.2. The van der Waals surface area contributed by atoms with Gasteiger partial charge in [-0.3, -0.25) is 0 Å². The standard InChI is InChI=1S/C14H21N3S/c1-9-7-10(2)11(3)17(8-9)14-12(13(15)18)5-4-6-16-14/h4-6,9-11H,7-8H2,1-3H3,(H2,15,18). The third-order valence-corrected chi connectivity index (χ3v) is 4.14. The molecular formula is C14H21N3S. The van der Waals surface area contributed by atoms with Gasteiger partial charge in [0.2, 0.25) is 0 Å². The minimum absolute atomic E-state index is 0.427. The summed E-state index contributed by atoms with van der Waals surface area (Å²) in [7, 11) is 0. The Bertz CT molecular complexity index is 446. The Morgan fingerprint density at radius 1 is 1.44 bits per heavy atom. The van der Waals surface area contributed by atoms with Gasteiger partial charge in [-0.2, -0.15) is 0 Å². The molecule has 3 nitrogen and oxygen atoms in total. The molecule has 2 N–H and O–H groups in total. The zero-order valence-corrected chi connectivity index (χ0v) is 12.1. The fraction of sp³-hybridized carbons (Fsp3) is 0.571. The molecule has 0 amide bonds. The van der Waals surface area contributed by atoms with Gasteiger partial charge in [0.25, 0.3) is 0 Å². The fourth-order valence-corrected chi connectivity index (χ4v) is 2.97. The van der Waals surface area contributed by atoms with E-state index in [9.17, 15) is 0 Å². The maximum atomic E-state index is 5.80. The molecule has 0 aromatic carbocycles. The first kappa shape index (κ1) is 13.3. The van der Waals surface area contributed by atoms with E-state index in [0.29, 0.717) is 22.9 Å². The lowest BCUT2D eigenvalue weighted by atomic mass is 9.86. The molecule has 98 valence electrons. The van der Waals surface area contributed by atoms with E-state index in [-0.39, 0.29) is 0 Å². The quantitative estimate of drug-likeness (QED) is 0.833. The van der Waals surface area contributed by atoms with Crippen LogP contribution in [0.3, 0.4) is 0 Å².